The Hall–Kier alpha value is -2.40. The van der Waals surface area contributed by atoms with Crippen LogP contribution in [0, 0.1) is 0 Å². The Kier molecular flexibility index (Phi) is 4.06. The molecular weight excluding hydrogens is 304 g/mol. The maximum Gasteiger partial charge on any atom is 0.343 e. The fraction of sp³-hybridized carbons (Fsp3) is 0.188. The van der Waals surface area contributed by atoms with Gasteiger partial charge in [-0.1, -0.05) is 11.6 Å². The molecule has 112 valence electrons. The molecule has 6 heteroatoms. The lowest BCUT2D eigenvalue weighted by Crippen LogP contribution is -2.23. The van der Waals surface area contributed by atoms with Crippen molar-refractivity contribution in [3.63, 3.8) is 0 Å². The molecule has 1 aromatic heterocycles. The highest BCUT2D eigenvalue weighted by atomic mass is 35.5. The summed E-state index contributed by atoms with van der Waals surface area (Å²) >= 11 is 5.84. The highest BCUT2D eigenvalue weighted by Crippen LogP contribution is 2.17. The van der Waals surface area contributed by atoms with E-state index in [0.717, 1.165) is 5.76 Å². The van der Waals surface area contributed by atoms with Crippen LogP contribution in [-0.4, -0.2) is 23.6 Å². The summed E-state index contributed by atoms with van der Waals surface area (Å²) in [5.41, 5.74) is 1.30. The van der Waals surface area contributed by atoms with Crippen molar-refractivity contribution in [2.24, 2.45) is 9.98 Å². The van der Waals surface area contributed by atoms with Crippen molar-refractivity contribution in [2.75, 3.05) is 0 Å². The molecule has 0 aliphatic carbocycles. The van der Waals surface area contributed by atoms with Crippen LogP contribution in [-0.2, 0) is 16.1 Å². The molecule has 1 aliphatic rings. The zero-order valence-corrected chi connectivity index (χ0v) is 12.6. The van der Waals surface area contributed by atoms with Gasteiger partial charge in [-0.25, -0.2) is 9.79 Å². The van der Waals surface area contributed by atoms with E-state index in [0.29, 0.717) is 28.7 Å². The first-order valence-electron chi connectivity index (χ1n) is 6.72. The number of aliphatic imine (C=N–C) groups is 2. The van der Waals surface area contributed by atoms with Gasteiger partial charge in [0.25, 0.3) is 0 Å². The Bertz CT molecular complexity index is 733. The molecule has 0 amide bonds. The van der Waals surface area contributed by atoms with Crippen LogP contribution in [0.5, 0.6) is 0 Å². The van der Waals surface area contributed by atoms with Crippen LogP contribution in [0.3, 0.4) is 0 Å². The van der Waals surface area contributed by atoms with Gasteiger partial charge in [0.1, 0.15) is 5.76 Å². The second-order valence-electron chi connectivity index (χ2n) is 4.80. The molecule has 2 aromatic rings. The zero-order valence-electron chi connectivity index (χ0n) is 11.8. The standard InChI is InChI=1S/C16H13ClN2O3/c1-10(18-9-13-3-2-8-21-13)14-16(20)22-15(19-14)11-4-6-12(17)7-5-11/h2-8,14H,9H2,1H3. The van der Waals surface area contributed by atoms with Crippen molar-refractivity contribution in [3.8, 4) is 0 Å². The van der Waals surface area contributed by atoms with Crippen LogP contribution in [0.2, 0.25) is 5.02 Å². The average molecular weight is 317 g/mol. The molecule has 0 bridgehead atoms. The number of hydrogen-bond donors (Lipinski definition) is 0. The number of carbonyl (C=O) groups is 1. The highest BCUT2D eigenvalue weighted by molar-refractivity contribution is 6.30. The van der Waals surface area contributed by atoms with Crippen LogP contribution in [0.25, 0.3) is 0 Å². The summed E-state index contributed by atoms with van der Waals surface area (Å²) < 4.78 is 10.4. The molecule has 3 rings (SSSR count). The monoisotopic (exact) mass is 316 g/mol. The number of furan rings is 1. The zero-order chi connectivity index (χ0) is 15.5. The number of carbonyl (C=O) groups excluding carboxylic acids is 1. The predicted molar refractivity (Wildman–Crippen MR) is 83.4 cm³/mol. The number of benzene rings is 1. The summed E-state index contributed by atoms with van der Waals surface area (Å²) in [6, 6.07) is 9.86. The van der Waals surface area contributed by atoms with Crippen molar-refractivity contribution >= 4 is 29.2 Å². The number of esters is 1. The van der Waals surface area contributed by atoms with Crippen molar-refractivity contribution in [2.45, 2.75) is 19.5 Å². The molecule has 1 unspecified atom stereocenters. The van der Waals surface area contributed by atoms with E-state index in [4.69, 9.17) is 20.8 Å². The lowest BCUT2D eigenvalue weighted by Gasteiger charge is -2.02. The van der Waals surface area contributed by atoms with E-state index in [9.17, 15) is 4.79 Å². The molecule has 5 nitrogen and oxygen atoms in total. The molecule has 1 aromatic carbocycles. The van der Waals surface area contributed by atoms with Gasteiger partial charge in [-0.15, -0.1) is 0 Å². The summed E-state index contributed by atoms with van der Waals surface area (Å²) in [7, 11) is 0. The fourth-order valence-electron chi connectivity index (χ4n) is 2.03. The molecule has 2 heterocycles. The van der Waals surface area contributed by atoms with Gasteiger partial charge in [-0.05, 0) is 43.3 Å². The molecule has 0 radical (unpaired) electrons. The van der Waals surface area contributed by atoms with E-state index in [1.54, 1.807) is 43.5 Å². The third kappa shape index (κ3) is 3.09. The largest absolute Gasteiger partial charge is 0.467 e. The summed E-state index contributed by atoms with van der Waals surface area (Å²) in [5, 5.41) is 0.612. The minimum absolute atomic E-state index is 0.291. The van der Waals surface area contributed by atoms with E-state index >= 15 is 0 Å². The summed E-state index contributed by atoms with van der Waals surface area (Å²) in [6.07, 6.45) is 1.58. The Labute approximate surface area is 132 Å². The van der Waals surface area contributed by atoms with Crippen molar-refractivity contribution in [1.82, 2.24) is 0 Å². The highest BCUT2D eigenvalue weighted by Gasteiger charge is 2.31. The minimum Gasteiger partial charge on any atom is -0.467 e. The van der Waals surface area contributed by atoms with Gasteiger partial charge < -0.3 is 9.15 Å². The first kappa shape index (κ1) is 14.5. The number of cyclic esters (lactones) is 1. The number of hydrogen-bond acceptors (Lipinski definition) is 5. The van der Waals surface area contributed by atoms with E-state index in [1.807, 2.05) is 6.07 Å². The number of halogens is 1. The van der Waals surface area contributed by atoms with E-state index < -0.39 is 12.0 Å². The molecule has 0 N–H and O–H groups in total. The molecule has 1 aliphatic heterocycles. The minimum atomic E-state index is -0.708. The Balaban J connectivity index is 1.77. The number of rotatable bonds is 4. The van der Waals surface area contributed by atoms with Crippen molar-refractivity contribution < 1.29 is 13.9 Å². The van der Waals surface area contributed by atoms with E-state index in [2.05, 4.69) is 9.98 Å². The lowest BCUT2D eigenvalue weighted by atomic mass is 10.2. The molecule has 0 spiro atoms. The fourth-order valence-corrected chi connectivity index (χ4v) is 2.15. The first-order chi connectivity index (χ1) is 10.6. The van der Waals surface area contributed by atoms with Crippen molar-refractivity contribution in [3.05, 3.63) is 59.0 Å². The smallest absolute Gasteiger partial charge is 0.343 e. The number of ether oxygens (including phenoxy) is 1. The van der Waals surface area contributed by atoms with Gasteiger partial charge in [0.2, 0.25) is 5.90 Å². The molecular formula is C16H13ClN2O3. The van der Waals surface area contributed by atoms with Crippen LogP contribution in [0.1, 0.15) is 18.2 Å². The Morgan fingerprint density at radius 2 is 2.09 bits per heavy atom. The third-order valence-electron chi connectivity index (χ3n) is 3.22. The van der Waals surface area contributed by atoms with Gasteiger partial charge in [0.05, 0.1) is 12.8 Å². The average Bonchev–Trinajstić information content (AvgIpc) is 3.15. The van der Waals surface area contributed by atoms with Crippen LogP contribution >= 0.6 is 11.6 Å². The van der Waals surface area contributed by atoms with Gasteiger partial charge in [-0.2, -0.15) is 0 Å². The third-order valence-corrected chi connectivity index (χ3v) is 3.47. The van der Waals surface area contributed by atoms with Gasteiger partial charge >= 0.3 is 5.97 Å². The number of nitrogens with zero attached hydrogens (tertiary/aromatic N) is 2. The topological polar surface area (TPSA) is 64.2 Å². The summed E-state index contributed by atoms with van der Waals surface area (Å²) in [4.78, 5) is 20.6. The SMILES string of the molecule is CC(=NCc1ccco1)C1N=C(c2ccc(Cl)cc2)OC1=O. The van der Waals surface area contributed by atoms with E-state index in [-0.39, 0.29) is 0 Å². The van der Waals surface area contributed by atoms with E-state index in [1.165, 1.54) is 0 Å². The maximum atomic E-state index is 12.0. The van der Waals surface area contributed by atoms with Crippen LogP contribution < -0.4 is 0 Å². The maximum absolute atomic E-state index is 12.0. The van der Waals surface area contributed by atoms with Crippen molar-refractivity contribution in [1.29, 1.82) is 0 Å². The second kappa shape index (κ2) is 6.15. The van der Waals surface area contributed by atoms with Gasteiger partial charge in [0.15, 0.2) is 6.04 Å². The van der Waals surface area contributed by atoms with Gasteiger partial charge in [0, 0.05) is 16.3 Å². The quantitative estimate of drug-likeness (QED) is 0.642. The summed E-state index contributed by atoms with van der Waals surface area (Å²) in [5.74, 6) is 0.595. The molecule has 0 saturated heterocycles. The summed E-state index contributed by atoms with van der Waals surface area (Å²) in [6.45, 7) is 2.12. The van der Waals surface area contributed by atoms with Crippen LogP contribution in [0.15, 0.2) is 57.1 Å². The molecule has 1 atom stereocenters. The molecule has 0 saturated carbocycles. The lowest BCUT2D eigenvalue weighted by molar-refractivity contribution is -0.133. The molecule has 22 heavy (non-hydrogen) atoms. The Morgan fingerprint density at radius 1 is 1.32 bits per heavy atom. The first-order valence-corrected chi connectivity index (χ1v) is 7.10. The van der Waals surface area contributed by atoms with Crippen LogP contribution in [0.4, 0.5) is 0 Å². The Morgan fingerprint density at radius 3 is 2.77 bits per heavy atom. The predicted octanol–water partition coefficient (Wildman–Crippen LogP) is 3.27. The second-order valence-corrected chi connectivity index (χ2v) is 5.24. The van der Waals surface area contributed by atoms with Gasteiger partial charge in [-0.3, -0.25) is 4.99 Å². The molecule has 0 fully saturated rings. The normalized spacial score (nSPS) is 18.3.